The molecule has 82 valence electrons. The molecule has 1 aliphatic rings. The summed E-state index contributed by atoms with van der Waals surface area (Å²) < 4.78 is 4.64. The third-order valence-corrected chi connectivity index (χ3v) is 3.23. The number of nitrogens with one attached hydrogen (secondary N) is 1. The monoisotopic (exact) mass is 199 g/mol. The Balaban J connectivity index is 2.27. The molecule has 1 rings (SSSR count). The fraction of sp³-hybridized carbons (Fsp3) is 0.909. The van der Waals surface area contributed by atoms with Gasteiger partial charge in [-0.3, -0.25) is 4.79 Å². The van der Waals surface area contributed by atoms with Crippen molar-refractivity contribution in [2.75, 3.05) is 14.2 Å². The van der Waals surface area contributed by atoms with Gasteiger partial charge in [-0.05, 0) is 32.2 Å². The second kappa shape index (κ2) is 6.02. The molecule has 0 radical (unpaired) electrons. The van der Waals surface area contributed by atoms with Crippen molar-refractivity contribution in [1.82, 2.24) is 5.32 Å². The maximum absolute atomic E-state index is 11.0. The lowest BCUT2D eigenvalue weighted by Crippen LogP contribution is -2.32. The van der Waals surface area contributed by atoms with E-state index in [0.29, 0.717) is 12.5 Å². The van der Waals surface area contributed by atoms with Crippen molar-refractivity contribution in [1.29, 1.82) is 0 Å². The highest BCUT2D eigenvalue weighted by atomic mass is 16.5. The van der Waals surface area contributed by atoms with Crippen LogP contribution in [0.25, 0.3) is 0 Å². The fourth-order valence-corrected chi connectivity index (χ4v) is 2.35. The molecule has 0 spiro atoms. The second-order valence-electron chi connectivity index (χ2n) is 4.05. The summed E-state index contributed by atoms with van der Waals surface area (Å²) in [7, 11) is 3.44. The number of methoxy groups -OCH3 is 1. The van der Waals surface area contributed by atoms with Gasteiger partial charge >= 0.3 is 5.97 Å². The first-order valence-corrected chi connectivity index (χ1v) is 5.52. The molecule has 0 aliphatic heterocycles. The van der Waals surface area contributed by atoms with Gasteiger partial charge in [0.2, 0.25) is 0 Å². The van der Waals surface area contributed by atoms with E-state index >= 15 is 0 Å². The lowest BCUT2D eigenvalue weighted by molar-refractivity contribution is -0.140. The second-order valence-corrected chi connectivity index (χ2v) is 4.05. The maximum Gasteiger partial charge on any atom is 0.305 e. The van der Waals surface area contributed by atoms with Gasteiger partial charge < -0.3 is 10.1 Å². The molecule has 1 saturated carbocycles. The molecule has 0 bridgehead atoms. The molecule has 1 N–H and O–H groups in total. The smallest absolute Gasteiger partial charge is 0.305 e. The van der Waals surface area contributed by atoms with Gasteiger partial charge in [0.15, 0.2) is 0 Å². The van der Waals surface area contributed by atoms with Gasteiger partial charge in [-0.25, -0.2) is 0 Å². The lowest BCUT2D eigenvalue weighted by atomic mass is 9.94. The van der Waals surface area contributed by atoms with E-state index in [9.17, 15) is 4.79 Å². The van der Waals surface area contributed by atoms with E-state index in [1.165, 1.54) is 32.8 Å². The molecule has 0 amide bonds. The number of esters is 1. The number of hydrogen-bond donors (Lipinski definition) is 1. The molecule has 0 aromatic heterocycles. The molecule has 1 aliphatic carbocycles. The van der Waals surface area contributed by atoms with E-state index in [4.69, 9.17) is 0 Å². The Morgan fingerprint density at radius 3 is 2.64 bits per heavy atom. The average Bonchev–Trinajstić information content (AvgIpc) is 2.72. The third kappa shape index (κ3) is 3.29. The fourth-order valence-electron chi connectivity index (χ4n) is 2.35. The van der Waals surface area contributed by atoms with Crippen LogP contribution in [-0.4, -0.2) is 26.2 Å². The van der Waals surface area contributed by atoms with Crippen LogP contribution in [0.15, 0.2) is 0 Å². The SMILES string of the molecule is CNC(CCC(=O)OC)C1CCCC1. The van der Waals surface area contributed by atoms with Crippen molar-refractivity contribution >= 4 is 5.97 Å². The van der Waals surface area contributed by atoms with Crippen molar-refractivity contribution in [2.45, 2.75) is 44.6 Å². The zero-order valence-corrected chi connectivity index (χ0v) is 9.21. The molecule has 14 heavy (non-hydrogen) atoms. The molecule has 1 atom stereocenters. The van der Waals surface area contributed by atoms with Crippen LogP contribution in [0.3, 0.4) is 0 Å². The Bertz CT molecular complexity index is 176. The first-order valence-electron chi connectivity index (χ1n) is 5.52. The molecule has 0 aromatic rings. The summed E-state index contributed by atoms with van der Waals surface area (Å²) in [5.41, 5.74) is 0. The molecule has 3 nitrogen and oxygen atoms in total. The van der Waals surface area contributed by atoms with E-state index in [0.717, 1.165) is 12.3 Å². The van der Waals surface area contributed by atoms with Crippen LogP contribution in [0.5, 0.6) is 0 Å². The van der Waals surface area contributed by atoms with Crippen molar-refractivity contribution in [3.05, 3.63) is 0 Å². The number of rotatable bonds is 5. The summed E-state index contributed by atoms with van der Waals surface area (Å²) in [5.74, 6) is 0.674. The van der Waals surface area contributed by atoms with Crippen LogP contribution in [0.4, 0.5) is 0 Å². The number of hydrogen-bond acceptors (Lipinski definition) is 3. The summed E-state index contributed by atoms with van der Waals surface area (Å²) in [6, 6.07) is 0.497. The van der Waals surface area contributed by atoms with Gasteiger partial charge in [-0.15, -0.1) is 0 Å². The molecule has 0 saturated heterocycles. The molecular formula is C11H21NO2. The predicted octanol–water partition coefficient (Wildman–Crippen LogP) is 1.72. The Hall–Kier alpha value is -0.570. The summed E-state index contributed by atoms with van der Waals surface area (Å²) in [5, 5.41) is 3.32. The summed E-state index contributed by atoms with van der Waals surface area (Å²) in [6.45, 7) is 0. The Kier molecular flexibility index (Phi) is 4.94. The topological polar surface area (TPSA) is 38.3 Å². The Morgan fingerprint density at radius 1 is 1.50 bits per heavy atom. The highest BCUT2D eigenvalue weighted by Gasteiger charge is 2.23. The number of carbonyl (C=O) groups excluding carboxylic acids is 1. The quantitative estimate of drug-likeness (QED) is 0.685. The molecular weight excluding hydrogens is 178 g/mol. The van der Waals surface area contributed by atoms with Crippen molar-refractivity contribution in [2.24, 2.45) is 5.92 Å². The minimum Gasteiger partial charge on any atom is -0.469 e. The minimum absolute atomic E-state index is 0.0942. The van der Waals surface area contributed by atoms with E-state index in [1.807, 2.05) is 7.05 Å². The standard InChI is InChI=1S/C11H21NO2/c1-12-10(7-8-11(13)14-2)9-5-3-4-6-9/h9-10,12H,3-8H2,1-2H3. The van der Waals surface area contributed by atoms with Gasteiger partial charge in [-0.1, -0.05) is 12.8 Å². The number of carbonyl (C=O) groups is 1. The van der Waals surface area contributed by atoms with Crippen molar-refractivity contribution in [3.63, 3.8) is 0 Å². The van der Waals surface area contributed by atoms with E-state index in [1.54, 1.807) is 0 Å². The predicted molar refractivity (Wildman–Crippen MR) is 56.1 cm³/mol. The first kappa shape index (κ1) is 11.5. The zero-order valence-electron chi connectivity index (χ0n) is 9.21. The van der Waals surface area contributed by atoms with Crippen LogP contribution in [-0.2, 0) is 9.53 Å². The molecule has 1 fully saturated rings. The zero-order chi connectivity index (χ0) is 10.4. The highest BCUT2D eigenvalue weighted by molar-refractivity contribution is 5.69. The summed E-state index contributed by atoms with van der Waals surface area (Å²) in [4.78, 5) is 11.0. The molecule has 1 unspecified atom stereocenters. The highest BCUT2D eigenvalue weighted by Crippen LogP contribution is 2.29. The molecule has 3 heteroatoms. The van der Waals surface area contributed by atoms with Gasteiger partial charge in [0.05, 0.1) is 7.11 Å². The van der Waals surface area contributed by atoms with Gasteiger partial charge in [0.25, 0.3) is 0 Å². The molecule has 0 aromatic carbocycles. The lowest BCUT2D eigenvalue weighted by Gasteiger charge is -2.22. The van der Waals surface area contributed by atoms with Gasteiger partial charge in [-0.2, -0.15) is 0 Å². The Labute approximate surface area is 86.2 Å². The van der Waals surface area contributed by atoms with E-state index < -0.39 is 0 Å². The van der Waals surface area contributed by atoms with Crippen LogP contribution >= 0.6 is 0 Å². The molecule has 0 heterocycles. The van der Waals surface area contributed by atoms with E-state index in [2.05, 4.69) is 10.1 Å². The Morgan fingerprint density at radius 2 is 2.14 bits per heavy atom. The van der Waals surface area contributed by atoms with Gasteiger partial charge in [0, 0.05) is 12.5 Å². The minimum atomic E-state index is -0.0942. The van der Waals surface area contributed by atoms with Crippen molar-refractivity contribution in [3.8, 4) is 0 Å². The summed E-state index contributed by atoms with van der Waals surface area (Å²) >= 11 is 0. The average molecular weight is 199 g/mol. The first-order chi connectivity index (χ1) is 6.77. The van der Waals surface area contributed by atoms with Crippen LogP contribution in [0.2, 0.25) is 0 Å². The number of ether oxygens (including phenoxy) is 1. The van der Waals surface area contributed by atoms with Gasteiger partial charge in [0.1, 0.15) is 0 Å². The maximum atomic E-state index is 11.0. The van der Waals surface area contributed by atoms with Crippen LogP contribution in [0.1, 0.15) is 38.5 Å². The largest absolute Gasteiger partial charge is 0.469 e. The summed E-state index contributed by atoms with van der Waals surface area (Å²) in [6.07, 6.45) is 6.77. The normalized spacial score (nSPS) is 19.6. The van der Waals surface area contributed by atoms with Crippen LogP contribution in [0, 0.1) is 5.92 Å². The van der Waals surface area contributed by atoms with E-state index in [-0.39, 0.29) is 5.97 Å². The van der Waals surface area contributed by atoms with Crippen LogP contribution < -0.4 is 5.32 Å². The van der Waals surface area contributed by atoms with Crippen molar-refractivity contribution < 1.29 is 9.53 Å². The third-order valence-electron chi connectivity index (χ3n) is 3.23.